The highest BCUT2D eigenvalue weighted by Crippen LogP contribution is 2.37. The first-order valence-corrected chi connectivity index (χ1v) is 11.8. The van der Waals surface area contributed by atoms with E-state index in [-0.39, 0.29) is 5.75 Å². The molecule has 1 aliphatic carbocycles. The Kier molecular flexibility index (Phi) is 5.48. The average Bonchev–Trinajstić information content (AvgIpc) is 3.00. The zero-order chi connectivity index (χ0) is 19.7. The first-order chi connectivity index (χ1) is 13.5. The highest BCUT2D eigenvalue weighted by molar-refractivity contribution is 7.91. The summed E-state index contributed by atoms with van der Waals surface area (Å²) in [5.41, 5.74) is 5.05. The highest BCUT2D eigenvalue weighted by Gasteiger charge is 2.26. The Morgan fingerprint density at radius 2 is 2.04 bits per heavy atom. The van der Waals surface area contributed by atoms with Gasteiger partial charge < -0.3 is 9.64 Å². The molecule has 0 aromatic heterocycles. The Balaban J connectivity index is 1.39. The van der Waals surface area contributed by atoms with Gasteiger partial charge in [-0.15, -0.1) is 0 Å². The van der Waals surface area contributed by atoms with Crippen LogP contribution in [0, 0.1) is 0 Å². The molecule has 0 fully saturated rings. The maximum atomic E-state index is 12.0. The summed E-state index contributed by atoms with van der Waals surface area (Å²) in [6.45, 7) is 2.01. The fraction of sp³-hybridized carbons (Fsp3) is 0.478. The summed E-state index contributed by atoms with van der Waals surface area (Å²) in [5, 5.41) is 0. The molecule has 2 aromatic carbocycles. The van der Waals surface area contributed by atoms with E-state index in [0.717, 1.165) is 37.2 Å². The molecule has 0 saturated carbocycles. The van der Waals surface area contributed by atoms with Gasteiger partial charge in [0.25, 0.3) is 0 Å². The molecule has 2 aliphatic rings. The molecular weight excluding hydrogens is 370 g/mol. The third-order valence-corrected chi connectivity index (χ3v) is 8.03. The molecule has 1 atom stereocenters. The number of aryl methyl sites for hydroxylation is 1. The van der Waals surface area contributed by atoms with E-state index in [4.69, 9.17) is 4.74 Å². The van der Waals surface area contributed by atoms with E-state index in [9.17, 15) is 8.42 Å². The van der Waals surface area contributed by atoms with Crippen molar-refractivity contribution < 1.29 is 13.2 Å². The quantitative estimate of drug-likeness (QED) is 0.744. The Morgan fingerprint density at radius 1 is 1.18 bits per heavy atom. The lowest BCUT2D eigenvalue weighted by Gasteiger charge is -2.30. The molecule has 1 unspecified atom stereocenters. The fourth-order valence-electron chi connectivity index (χ4n) is 4.72. The van der Waals surface area contributed by atoms with Gasteiger partial charge in [0.05, 0.1) is 17.8 Å². The molecule has 5 heteroatoms. The van der Waals surface area contributed by atoms with Crippen molar-refractivity contribution in [2.75, 3.05) is 33.0 Å². The van der Waals surface area contributed by atoms with E-state index < -0.39 is 9.84 Å². The molecule has 150 valence electrons. The van der Waals surface area contributed by atoms with Crippen LogP contribution in [0.2, 0.25) is 0 Å². The predicted octanol–water partition coefficient (Wildman–Crippen LogP) is 3.62. The minimum absolute atomic E-state index is 0.260. The average molecular weight is 400 g/mol. The van der Waals surface area contributed by atoms with Gasteiger partial charge in [0, 0.05) is 13.1 Å². The maximum Gasteiger partial charge on any atom is 0.178 e. The van der Waals surface area contributed by atoms with Crippen LogP contribution in [0.4, 0.5) is 0 Å². The second-order valence-corrected chi connectivity index (χ2v) is 10.2. The monoisotopic (exact) mass is 399 g/mol. The third kappa shape index (κ3) is 3.83. The van der Waals surface area contributed by atoms with Crippen LogP contribution in [0.15, 0.2) is 41.3 Å². The molecule has 4 nitrogen and oxygen atoms in total. The second kappa shape index (κ2) is 7.88. The number of likely N-dealkylation sites (N-methyl/N-ethyl adjacent to an activating group) is 1. The predicted molar refractivity (Wildman–Crippen MR) is 112 cm³/mol. The zero-order valence-electron chi connectivity index (χ0n) is 16.8. The van der Waals surface area contributed by atoms with E-state index >= 15 is 0 Å². The van der Waals surface area contributed by atoms with Gasteiger partial charge in [-0.3, -0.25) is 0 Å². The van der Waals surface area contributed by atoms with Crippen molar-refractivity contribution in [2.45, 2.75) is 42.9 Å². The lowest BCUT2D eigenvalue weighted by Crippen LogP contribution is -2.28. The molecule has 1 heterocycles. The molecule has 0 N–H and O–H groups in total. The van der Waals surface area contributed by atoms with E-state index in [0.29, 0.717) is 17.2 Å². The zero-order valence-corrected chi connectivity index (χ0v) is 17.6. The van der Waals surface area contributed by atoms with E-state index in [1.165, 1.54) is 29.5 Å². The first-order valence-electron chi connectivity index (χ1n) is 10.2. The Morgan fingerprint density at radius 3 is 2.86 bits per heavy atom. The molecule has 0 bridgehead atoms. The number of methoxy groups -OCH3 is 1. The van der Waals surface area contributed by atoms with Gasteiger partial charge >= 0.3 is 0 Å². The van der Waals surface area contributed by atoms with Crippen molar-refractivity contribution in [3.8, 4) is 5.75 Å². The maximum absolute atomic E-state index is 12.0. The Hall–Kier alpha value is -1.85. The molecule has 2 aromatic rings. The first kappa shape index (κ1) is 19.5. The summed E-state index contributed by atoms with van der Waals surface area (Å²) in [6, 6.07) is 12.3. The minimum atomic E-state index is -3.03. The van der Waals surface area contributed by atoms with Crippen molar-refractivity contribution in [3.05, 3.63) is 58.7 Å². The topological polar surface area (TPSA) is 46.6 Å². The normalized spacial score (nSPS) is 20.0. The number of hydrogen-bond acceptors (Lipinski definition) is 4. The van der Waals surface area contributed by atoms with Crippen LogP contribution >= 0.6 is 0 Å². The highest BCUT2D eigenvalue weighted by atomic mass is 32.2. The van der Waals surface area contributed by atoms with Gasteiger partial charge in [-0.25, -0.2) is 8.42 Å². The molecule has 4 rings (SSSR count). The number of nitrogens with zero attached hydrogens (tertiary/aromatic N) is 1. The number of benzene rings is 2. The lowest BCUT2D eigenvalue weighted by atomic mass is 9.82. The van der Waals surface area contributed by atoms with Gasteiger partial charge in [0.15, 0.2) is 9.84 Å². The Labute approximate surface area is 168 Å². The Bertz CT molecular complexity index is 968. The molecular formula is C23H29NO3S. The van der Waals surface area contributed by atoms with Crippen LogP contribution in [0.5, 0.6) is 5.75 Å². The third-order valence-electron chi connectivity index (χ3n) is 6.22. The largest absolute Gasteiger partial charge is 0.496 e. The fourth-order valence-corrected chi connectivity index (χ4v) is 6.27. The number of sulfone groups is 1. The lowest BCUT2D eigenvalue weighted by molar-refractivity contribution is 0.299. The van der Waals surface area contributed by atoms with Crippen molar-refractivity contribution in [1.29, 1.82) is 0 Å². The molecule has 0 amide bonds. The minimum Gasteiger partial charge on any atom is -0.496 e. The van der Waals surface area contributed by atoms with Crippen molar-refractivity contribution in [2.24, 2.45) is 0 Å². The van der Waals surface area contributed by atoms with E-state index in [1.807, 2.05) is 6.07 Å². The number of rotatable bonds is 6. The molecule has 1 aliphatic heterocycles. The van der Waals surface area contributed by atoms with Crippen LogP contribution in [-0.2, 0) is 29.1 Å². The van der Waals surface area contributed by atoms with Crippen LogP contribution in [-0.4, -0.2) is 46.3 Å². The van der Waals surface area contributed by atoms with Gasteiger partial charge in [0.2, 0.25) is 0 Å². The summed E-state index contributed by atoms with van der Waals surface area (Å²) >= 11 is 0. The van der Waals surface area contributed by atoms with Crippen molar-refractivity contribution in [1.82, 2.24) is 4.90 Å². The van der Waals surface area contributed by atoms with Crippen LogP contribution < -0.4 is 4.74 Å². The van der Waals surface area contributed by atoms with Crippen molar-refractivity contribution >= 4 is 9.84 Å². The molecule has 0 radical (unpaired) electrons. The molecule has 0 saturated heterocycles. The van der Waals surface area contributed by atoms with Gasteiger partial charge in [-0.05, 0) is 79.5 Å². The van der Waals surface area contributed by atoms with Gasteiger partial charge in [-0.1, -0.05) is 24.3 Å². The van der Waals surface area contributed by atoms with Crippen molar-refractivity contribution in [3.63, 3.8) is 0 Å². The van der Waals surface area contributed by atoms with Crippen LogP contribution in [0.25, 0.3) is 0 Å². The SMILES string of the molecule is COc1cccc2c1CCCC2CN(C)CCc1ccc2c(c1)CCS2(=O)=O. The number of hydrogen-bond donors (Lipinski definition) is 0. The van der Waals surface area contributed by atoms with E-state index in [1.54, 1.807) is 13.2 Å². The van der Waals surface area contributed by atoms with Crippen LogP contribution in [0.1, 0.15) is 41.0 Å². The smallest absolute Gasteiger partial charge is 0.178 e. The number of fused-ring (bicyclic) bond motifs is 2. The summed E-state index contributed by atoms with van der Waals surface area (Å²) in [5.74, 6) is 1.84. The van der Waals surface area contributed by atoms with Gasteiger partial charge in [-0.2, -0.15) is 0 Å². The second-order valence-electron chi connectivity index (χ2n) is 8.14. The summed E-state index contributed by atoms with van der Waals surface area (Å²) in [7, 11) is 0.916. The summed E-state index contributed by atoms with van der Waals surface area (Å²) in [6.07, 6.45) is 5.15. The molecule has 28 heavy (non-hydrogen) atoms. The summed E-state index contributed by atoms with van der Waals surface area (Å²) in [4.78, 5) is 2.95. The number of ether oxygens (including phenoxy) is 1. The standard InChI is InChI=1S/C23H29NO3S/c1-24(13-11-17-9-10-23-18(15-17)12-14-28(23,25)26)16-19-5-3-7-21-20(19)6-4-8-22(21)27-2/h4,6,8-10,15,19H,3,5,7,11-14,16H2,1-2H3. The molecule has 0 spiro atoms. The van der Waals surface area contributed by atoms with Gasteiger partial charge in [0.1, 0.15) is 5.75 Å². The van der Waals surface area contributed by atoms with E-state index in [2.05, 4.69) is 36.2 Å². The van der Waals surface area contributed by atoms with Crippen LogP contribution in [0.3, 0.4) is 0 Å². The summed E-state index contributed by atoms with van der Waals surface area (Å²) < 4.78 is 29.5.